The van der Waals surface area contributed by atoms with Crippen LogP contribution in [0.3, 0.4) is 0 Å². The maximum Gasteiger partial charge on any atom is 0.326 e. The Morgan fingerprint density at radius 1 is 1.53 bits per heavy atom. The van der Waals surface area contributed by atoms with Crippen molar-refractivity contribution >= 4 is 11.9 Å². The number of fused-ring (bicyclic) bond motifs is 1. The van der Waals surface area contributed by atoms with Crippen LogP contribution in [0, 0.1) is 0 Å². The van der Waals surface area contributed by atoms with Crippen LogP contribution >= 0.6 is 0 Å². The summed E-state index contributed by atoms with van der Waals surface area (Å²) in [6, 6.07) is -0.823. The van der Waals surface area contributed by atoms with Gasteiger partial charge in [0.15, 0.2) is 0 Å². The molecule has 2 N–H and O–H groups in total. The van der Waals surface area contributed by atoms with Crippen molar-refractivity contribution in [2.24, 2.45) is 0 Å². The first-order chi connectivity index (χ1) is 9.13. The standard InChI is InChI=1S/C13H19N3O3/c1-2-5-10(13(18)19)15-12(17)9-8-14-16-7-4-3-6-11(9)16/h8,10H,2-7H2,1H3,(H,15,17)(H,18,19). The van der Waals surface area contributed by atoms with E-state index in [0.717, 1.165) is 31.5 Å². The zero-order chi connectivity index (χ0) is 13.8. The Labute approximate surface area is 111 Å². The first kappa shape index (κ1) is 13.6. The van der Waals surface area contributed by atoms with Gasteiger partial charge in [-0.3, -0.25) is 9.48 Å². The summed E-state index contributed by atoms with van der Waals surface area (Å²) in [5.41, 5.74) is 1.44. The summed E-state index contributed by atoms with van der Waals surface area (Å²) in [5.74, 6) is -1.32. The smallest absolute Gasteiger partial charge is 0.326 e. The van der Waals surface area contributed by atoms with Gasteiger partial charge in [0.2, 0.25) is 0 Å². The molecule has 0 saturated carbocycles. The Kier molecular flexibility index (Phi) is 4.19. The number of carboxylic acids is 1. The highest BCUT2D eigenvalue weighted by Gasteiger charge is 2.24. The van der Waals surface area contributed by atoms with Gasteiger partial charge in [0, 0.05) is 6.54 Å². The van der Waals surface area contributed by atoms with Crippen molar-refractivity contribution in [3.8, 4) is 0 Å². The predicted molar refractivity (Wildman–Crippen MR) is 69.0 cm³/mol. The summed E-state index contributed by atoms with van der Waals surface area (Å²) in [6.45, 7) is 2.73. The molecule has 1 aromatic heterocycles. The molecule has 1 aliphatic heterocycles. The summed E-state index contributed by atoms with van der Waals surface area (Å²) in [6.07, 6.45) is 5.63. The van der Waals surface area contributed by atoms with Gasteiger partial charge < -0.3 is 10.4 Å². The number of carbonyl (C=O) groups is 2. The third kappa shape index (κ3) is 2.94. The van der Waals surface area contributed by atoms with Crippen molar-refractivity contribution in [2.45, 2.75) is 51.6 Å². The van der Waals surface area contributed by atoms with Gasteiger partial charge in [0.05, 0.1) is 17.5 Å². The monoisotopic (exact) mass is 265 g/mol. The summed E-state index contributed by atoms with van der Waals surface area (Å²) in [7, 11) is 0. The SMILES string of the molecule is CCCC(NC(=O)c1cnn2c1CCCC2)C(=O)O. The molecular formula is C13H19N3O3. The molecule has 1 aliphatic rings. The number of aromatic nitrogens is 2. The largest absolute Gasteiger partial charge is 0.480 e. The summed E-state index contributed by atoms with van der Waals surface area (Å²) < 4.78 is 1.84. The van der Waals surface area contributed by atoms with Crippen LogP contribution in [0.1, 0.15) is 48.7 Å². The van der Waals surface area contributed by atoms with Gasteiger partial charge in [-0.25, -0.2) is 4.79 Å². The number of hydrogen-bond acceptors (Lipinski definition) is 3. The maximum absolute atomic E-state index is 12.1. The summed E-state index contributed by atoms with van der Waals surface area (Å²) in [4.78, 5) is 23.2. The third-order valence-electron chi connectivity index (χ3n) is 3.41. The number of nitrogens with zero attached hydrogens (tertiary/aromatic N) is 2. The van der Waals surface area contributed by atoms with E-state index in [1.54, 1.807) is 6.20 Å². The van der Waals surface area contributed by atoms with E-state index in [1.165, 1.54) is 0 Å². The lowest BCUT2D eigenvalue weighted by Gasteiger charge is -2.16. The molecule has 19 heavy (non-hydrogen) atoms. The molecule has 1 atom stereocenters. The van der Waals surface area contributed by atoms with Gasteiger partial charge in [0.25, 0.3) is 5.91 Å². The van der Waals surface area contributed by atoms with E-state index in [9.17, 15) is 9.59 Å². The number of carbonyl (C=O) groups excluding carboxylic acids is 1. The average molecular weight is 265 g/mol. The first-order valence-electron chi connectivity index (χ1n) is 6.71. The van der Waals surface area contributed by atoms with Crippen LogP contribution in [-0.4, -0.2) is 32.8 Å². The van der Waals surface area contributed by atoms with E-state index in [4.69, 9.17) is 5.11 Å². The molecule has 1 aromatic rings. The van der Waals surface area contributed by atoms with Gasteiger partial charge in [-0.2, -0.15) is 5.10 Å². The fourth-order valence-corrected chi connectivity index (χ4v) is 2.39. The lowest BCUT2D eigenvalue weighted by Crippen LogP contribution is -2.41. The lowest BCUT2D eigenvalue weighted by atomic mass is 10.1. The second-order valence-electron chi connectivity index (χ2n) is 4.84. The number of hydrogen-bond donors (Lipinski definition) is 2. The second-order valence-corrected chi connectivity index (χ2v) is 4.84. The summed E-state index contributed by atoms with van der Waals surface area (Å²) >= 11 is 0. The number of rotatable bonds is 5. The maximum atomic E-state index is 12.1. The van der Waals surface area contributed by atoms with Crippen LogP contribution in [-0.2, 0) is 17.8 Å². The van der Waals surface area contributed by atoms with E-state index in [0.29, 0.717) is 18.4 Å². The van der Waals surface area contributed by atoms with Gasteiger partial charge in [-0.1, -0.05) is 13.3 Å². The average Bonchev–Trinajstić information content (AvgIpc) is 2.81. The molecule has 1 amide bonds. The highest BCUT2D eigenvalue weighted by atomic mass is 16.4. The normalized spacial score (nSPS) is 15.6. The van der Waals surface area contributed by atoms with Crippen LogP contribution in [0.25, 0.3) is 0 Å². The van der Waals surface area contributed by atoms with Crippen molar-refractivity contribution < 1.29 is 14.7 Å². The number of aliphatic carboxylic acids is 1. The Hall–Kier alpha value is -1.85. The third-order valence-corrected chi connectivity index (χ3v) is 3.41. The van der Waals surface area contributed by atoms with E-state index < -0.39 is 12.0 Å². The van der Waals surface area contributed by atoms with E-state index in [2.05, 4.69) is 10.4 Å². The zero-order valence-electron chi connectivity index (χ0n) is 11.1. The zero-order valence-corrected chi connectivity index (χ0v) is 11.1. The molecule has 0 fully saturated rings. The van der Waals surface area contributed by atoms with Crippen LogP contribution in [0.5, 0.6) is 0 Å². The first-order valence-corrected chi connectivity index (χ1v) is 6.71. The van der Waals surface area contributed by atoms with E-state index in [-0.39, 0.29) is 5.91 Å². The molecule has 6 heteroatoms. The molecular weight excluding hydrogens is 246 g/mol. The van der Waals surface area contributed by atoms with Crippen molar-refractivity contribution in [2.75, 3.05) is 0 Å². The predicted octanol–water partition coefficient (Wildman–Crippen LogP) is 1.20. The van der Waals surface area contributed by atoms with Gasteiger partial charge in [-0.05, 0) is 25.7 Å². The van der Waals surface area contributed by atoms with Crippen molar-refractivity contribution in [1.29, 1.82) is 0 Å². The Morgan fingerprint density at radius 2 is 2.32 bits per heavy atom. The Morgan fingerprint density at radius 3 is 3.00 bits per heavy atom. The van der Waals surface area contributed by atoms with E-state index >= 15 is 0 Å². The number of carboxylic acid groups (broad SMARTS) is 1. The quantitative estimate of drug-likeness (QED) is 0.838. The molecule has 6 nitrogen and oxygen atoms in total. The van der Waals surface area contributed by atoms with Crippen molar-refractivity contribution in [1.82, 2.24) is 15.1 Å². The van der Waals surface area contributed by atoms with Crippen LogP contribution in [0.15, 0.2) is 6.20 Å². The molecule has 104 valence electrons. The molecule has 1 unspecified atom stereocenters. The molecule has 0 radical (unpaired) electrons. The fourth-order valence-electron chi connectivity index (χ4n) is 2.39. The molecule has 0 aromatic carbocycles. The number of amides is 1. The van der Waals surface area contributed by atoms with Gasteiger partial charge in [-0.15, -0.1) is 0 Å². The van der Waals surface area contributed by atoms with Crippen LogP contribution in [0.2, 0.25) is 0 Å². The lowest BCUT2D eigenvalue weighted by molar-refractivity contribution is -0.139. The van der Waals surface area contributed by atoms with Crippen LogP contribution < -0.4 is 5.32 Å². The summed E-state index contributed by atoms with van der Waals surface area (Å²) in [5, 5.41) is 15.8. The molecule has 2 heterocycles. The van der Waals surface area contributed by atoms with E-state index in [1.807, 2.05) is 11.6 Å². The highest BCUT2D eigenvalue weighted by Crippen LogP contribution is 2.18. The highest BCUT2D eigenvalue weighted by molar-refractivity contribution is 5.97. The molecule has 0 bridgehead atoms. The van der Waals surface area contributed by atoms with Crippen LogP contribution in [0.4, 0.5) is 0 Å². The minimum absolute atomic E-state index is 0.330. The fraction of sp³-hybridized carbons (Fsp3) is 0.615. The molecule has 0 saturated heterocycles. The van der Waals surface area contributed by atoms with Crippen molar-refractivity contribution in [3.63, 3.8) is 0 Å². The van der Waals surface area contributed by atoms with Gasteiger partial charge >= 0.3 is 5.97 Å². The molecule has 0 aliphatic carbocycles. The minimum atomic E-state index is -0.990. The number of nitrogens with one attached hydrogen (secondary N) is 1. The Bertz CT molecular complexity index is 481. The second kappa shape index (κ2) is 5.86. The molecule has 0 spiro atoms. The van der Waals surface area contributed by atoms with Crippen molar-refractivity contribution in [3.05, 3.63) is 17.5 Å². The van der Waals surface area contributed by atoms with Gasteiger partial charge in [0.1, 0.15) is 6.04 Å². The Balaban J connectivity index is 2.11. The minimum Gasteiger partial charge on any atom is -0.480 e. The molecule has 2 rings (SSSR count). The topological polar surface area (TPSA) is 84.2 Å². The number of aryl methyl sites for hydroxylation is 1.